The quantitative estimate of drug-likeness (QED) is 0.643. The molecule has 0 atom stereocenters. The monoisotopic (exact) mass is 390 g/mol. The molecule has 2 aromatic rings. The third kappa shape index (κ3) is 2.76. The first-order valence-electron chi connectivity index (χ1n) is 7.03. The van der Waals surface area contributed by atoms with E-state index in [4.69, 9.17) is 18.9 Å². The van der Waals surface area contributed by atoms with E-state index >= 15 is 0 Å². The van der Waals surface area contributed by atoms with E-state index in [0.29, 0.717) is 28.6 Å². The van der Waals surface area contributed by atoms with Gasteiger partial charge in [0.25, 0.3) is 5.91 Å². The fraction of sp³-hybridized carbons (Fsp3) is 0.125. The minimum Gasteiger partial charge on any atom is -0.454 e. The molecule has 7 nitrogen and oxygen atoms in total. The van der Waals surface area contributed by atoms with Crippen LogP contribution in [0.3, 0.4) is 0 Å². The Balaban J connectivity index is 1.46. The van der Waals surface area contributed by atoms with Crippen LogP contribution in [0.5, 0.6) is 23.0 Å². The number of amides is 1. The van der Waals surface area contributed by atoms with Gasteiger partial charge < -0.3 is 18.9 Å². The summed E-state index contributed by atoms with van der Waals surface area (Å²) in [7, 11) is 0. The highest BCUT2D eigenvalue weighted by atomic mass is 79.9. The SMILES string of the molecule is O=C(N/N=C\c1cc(Br)c2c(c1)OCO2)c1ccc2c(c1)OCO2. The lowest BCUT2D eigenvalue weighted by Crippen LogP contribution is -2.17. The van der Waals surface area contributed by atoms with Crippen molar-refractivity contribution in [3.05, 3.63) is 45.9 Å². The Morgan fingerprint density at radius 1 is 1.04 bits per heavy atom. The van der Waals surface area contributed by atoms with Gasteiger partial charge in [-0.05, 0) is 51.8 Å². The van der Waals surface area contributed by atoms with Gasteiger partial charge in [-0.3, -0.25) is 4.79 Å². The van der Waals surface area contributed by atoms with Crippen LogP contribution in [0.4, 0.5) is 0 Å². The molecule has 0 aliphatic carbocycles. The molecule has 0 unspecified atom stereocenters. The van der Waals surface area contributed by atoms with E-state index in [2.05, 4.69) is 26.5 Å². The number of halogens is 1. The number of hydrazone groups is 1. The molecule has 2 aliphatic rings. The zero-order valence-corrected chi connectivity index (χ0v) is 13.8. The Labute approximate surface area is 145 Å². The first kappa shape index (κ1) is 14.8. The number of carbonyl (C=O) groups excluding carboxylic acids is 1. The fourth-order valence-electron chi connectivity index (χ4n) is 2.33. The van der Waals surface area contributed by atoms with E-state index in [1.54, 1.807) is 24.3 Å². The molecule has 0 saturated heterocycles. The predicted molar refractivity (Wildman–Crippen MR) is 87.9 cm³/mol. The standard InChI is InChI=1S/C16H11BrN2O5/c17-11-3-9(4-14-15(11)24-8-23-14)6-18-19-16(20)10-1-2-12-13(5-10)22-7-21-12/h1-6H,7-8H2,(H,19,20)/b18-6-. The van der Waals surface area contributed by atoms with Crippen LogP contribution >= 0.6 is 15.9 Å². The molecule has 2 heterocycles. The van der Waals surface area contributed by atoms with Crippen molar-refractivity contribution in [1.29, 1.82) is 0 Å². The molecule has 4 rings (SSSR count). The van der Waals surface area contributed by atoms with Crippen molar-refractivity contribution < 1.29 is 23.7 Å². The van der Waals surface area contributed by atoms with Crippen molar-refractivity contribution in [2.24, 2.45) is 5.10 Å². The van der Waals surface area contributed by atoms with Crippen molar-refractivity contribution in [2.45, 2.75) is 0 Å². The number of nitrogens with zero attached hydrogens (tertiary/aromatic N) is 1. The zero-order chi connectivity index (χ0) is 16.5. The number of ether oxygens (including phenoxy) is 4. The number of fused-ring (bicyclic) bond motifs is 2. The minimum atomic E-state index is -0.343. The predicted octanol–water partition coefficient (Wildman–Crippen LogP) is 2.67. The molecule has 122 valence electrons. The number of nitrogens with one attached hydrogen (secondary N) is 1. The van der Waals surface area contributed by atoms with Gasteiger partial charge in [0.1, 0.15) is 0 Å². The summed E-state index contributed by atoms with van der Waals surface area (Å²) >= 11 is 3.40. The first-order chi connectivity index (χ1) is 11.7. The van der Waals surface area contributed by atoms with Crippen LogP contribution in [0.1, 0.15) is 15.9 Å². The van der Waals surface area contributed by atoms with Gasteiger partial charge in [0.15, 0.2) is 23.0 Å². The van der Waals surface area contributed by atoms with E-state index in [1.807, 2.05) is 6.07 Å². The van der Waals surface area contributed by atoms with E-state index in [1.165, 1.54) is 6.21 Å². The number of hydrogen-bond acceptors (Lipinski definition) is 6. The maximum absolute atomic E-state index is 12.1. The maximum Gasteiger partial charge on any atom is 0.271 e. The Hall–Kier alpha value is -2.74. The third-order valence-corrected chi connectivity index (χ3v) is 4.05. The van der Waals surface area contributed by atoms with Gasteiger partial charge in [-0.1, -0.05) is 0 Å². The van der Waals surface area contributed by atoms with E-state index in [0.717, 1.165) is 10.0 Å². The van der Waals surface area contributed by atoms with Gasteiger partial charge in [0, 0.05) is 5.56 Å². The summed E-state index contributed by atoms with van der Waals surface area (Å²) in [5.74, 6) is 2.13. The Morgan fingerprint density at radius 2 is 1.83 bits per heavy atom. The normalized spacial score (nSPS) is 14.2. The van der Waals surface area contributed by atoms with Crippen LogP contribution in [-0.4, -0.2) is 25.7 Å². The van der Waals surface area contributed by atoms with Crippen molar-refractivity contribution in [3.8, 4) is 23.0 Å². The minimum absolute atomic E-state index is 0.164. The number of benzene rings is 2. The van der Waals surface area contributed by atoms with Gasteiger partial charge in [0.2, 0.25) is 13.6 Å². The maximum atomic E-state index is 12.1. The Morgan fingerprint density at radius 3 is 2.75 bits per heavy atom. The smallest absolute Gasteiger partial charge is 0.271 e. The average molecular weight is 391 g/mol. The van der Waals surface area contributed by atoms with Crippen molar-refractivity contribution in [1.82, 2.24) is 5.43 Å². The molecular weight excluding hydrogens is 380 g/mol. The lowest BCUT2D eigenvalue weighted by Gasteiger charge is -2.03. The number of carbonyl (C=O) groups is 1. The van der Waals surface area contributed by atoms with Crippen molar-refractivity contribution in [3.63, 3.8) is 0 Å². The molecule has 0 saturated carbocycles. The highest BCUT2D eigenvalue weighted by Gasteiger charge is 2.18. The molecule has 0 radical (unpaired) electrons. The van der Waals surface area contributed by atoms with Crippen molar-refractivity contribution >= 4 is 28.1 Å². The van der Waals surface area contributed by atoms with E-state index in [-0.39, 0.29) is 19.5 Å². The van der Waals surface area contributed by atoms with Crippen LogP contribution in [0.15, 0.2) is 39.9 Å². The average Bonchev–Trinajstić information content (AvgIpc) is 3.22. The highest BCUT2D eigenvalue weighted by molar-refractivity contribution is 9.10. The summed E-state index contributed by atoms with van der Waals surface area (Å²) in [6.07, 6.45) is 1.53. The van der Waals surface area contributed by atoms with E-state index < -0.39 is 0 Å². The second-order valence-corrected chi connectivity index (χ2v) is 5.86. The third-order valence-electron chi connectivity index (χ3n) is 3.46. The largest absolute Gasteiger partial charge is 0.454 e. The highest BCUT2D eigenvalue weighted by Crippen LogP contribution is 2.39. The molecule has 2 aromatic carbocycles. The van der Waals surface area contributed by atoms with E-state index in [9.17, 15) is 4.79 Å². The summed E-state index contributed by atoms with van der Waals surface area (Å²) in [6.45, 7) is 0.354. The van der Waals surface area contributed by atoms with Crippen LogP contribution in [0, 0.1) is 0 Å². The molecule has 8 heteroatoms. The van der Waals surface area contributed by atoms with Gasteiger partial charge in [-0.15, -0.1) is 0 Å². The number of hydrogen-bond donors (Lipinski definition) is 1. The van der Waals surface area contributed by atoms with Gasteiger partial charge >= 0.3 is 0 Å². The molecule has 1 N–H and O–H groups in total. The fourth-order valence-corrected chi connectivity index (χ4v) is 2.90. The number of rotatable bonds is 3. The van der Waals surface area contributed by atoms with Crippen molar-refractivity contribution in [2.75, 3.05) is 13.6 Å². The van der Waals surface area contributed by atoms with Crippen LogP contribution in [0.25, 0.3) is 0 Å². The molecule has 0 spiro atoms. The van der Waals surface area contributed by atoms with Crippen LogP contribution in [0.2, 0.25) is 0 Å². The zero-order valence-electron chi connectivity index (χ0n) is 12.2. The summed E-state index contributed by atoms with van der Waals surface area (Å²) in [4.78, 5) is 12.1. The molecule has 2 aliphatic heterocycles. The molecule has 0 fully saturated rings. The Bertz CT molecular complexity index is 853. The summed E-state index contributed by atoms with van der Waals surface area (Å²) in [5, 5.41) is 3.96. The van der Waals surface area contributed by atoms with Crippen LogP contribution in [-0.2, 0) is 0 Å². The second-order valence-electron chi connectivity index (χ2n) is 5.00. The lowest BCUT2D eigenvalue weighted by atomic mass is 10.2. The molecule has 1 amide bonds. The summed E-state index contributed by atoms with van der Waals surface area (Å²) in [5.41, 5.74) is 3.67. The summed E-state index contributed by atoms with van der Waals surface area (Å²) in [6, 6.07) is 8.56. The Kier molecular flexibility index (Phi) is 3.73. The second kappa shape index (κ2) is 6.04. The molecule has 24 heavy (non-hydrogen) atoms. The molecule has 0 bridgehead atoms. The first-order valence-corrected chi connectivity index (χ1v) is 7.82. The van der Waals surface area contributed by atoms with Gasteiger partial charge in [-0.2, -0.15) is 5.10 Å². The van der Waals surface area contributed by atoms with Gasteiger partial charge in [-0.25, -0.2) is 5.43 Å². The lowest BCUT2D eigenvalue weighted by molar-refractivity contribution is 0.0954. The molecular formula is C16H11BrN2O5. The topological polar surface area (TPSA) is 78.4 Å². The summed E-state index contributed by atoms with van der Waals surface area (Å²) < 4.78 is 21.9. The van der Waals surface area contributed by atoms with Crippen LogP contribution < -0.4 is 24.4 Å². The molecule has 0 aromatic heterocycles. The van der Waals surface area contributed by atoms with Gasteiger partial charge in [0.05, 0.1) is 10.7 Å².